The van der Waals surface area contributed by atoms with Crippen LogP contribution in [0.2, 0.25) is 0 Å². The van der Waals surface area contributed by atoms with Gasteiger partial charge in [-0.3, -0.25) is 9.69 Å². The molecule has 3 fully saturated rings. The summed E-state index contributed by atoms with van der Waals surface area (Å²) in [4.78, 5) is 22.9. The van der Waals surface area contributed by atoms with Crippen molar-refractivity contribution < 1.29 is 37.1 Å². The molecule has 0 radical (unpaired) electrons. The fraction of sp³-hybridized carbons (Fsp3) is 0.737. The van der Waals surface area contributed by atoms with Gasteiger partial charge in [0.25, 0.3) is 0 Å². The molecule has 1 saturated carbocycles. The van der Waals surface area contributed by atoms with Crippen LogP contribution in [0.4, 0.5) is 13.2 Å². The molecule has 4 rings (SSSR count). The van der Waals surface area contributed by atoms with Gasteiger partial charge in [0.2, 0.25) is 5.91 Å². The number of nitrogens with zero attached hydrogens (tertiary/aromatic N) is 2. The molecule has 1 amide bonds. The Kier molecular flexibility index (Phi) is 6.71. The summed E-state index contributed by atoms with van der Waals surface area (Å²) < 4.78 is 43.0. The molecule has 1 atom stereocenters. The van der Waals surface area contributed by atoms with Gasteiger partial charge in [0, 0.05) is 38.2 Å². The molecule has 30 heavy (non-hydrogen) atoms. The van der Waals surface area contributed by atoms with Gasteiger partial charge in [0.05, 0.1) is 17.9 Å². The minimum absolute atomic E-state index is 0.0375. The SMILES string of the molecule is Cc1cc(CN2CC3(CCC(CNC(=O)C4CC4)CO3)C2)no1.O=C(O)C(F)(F)F. The fourth-order valence-corrected chi connectivity index (χ4v) is 3.66. The molecule has 1 spiro atoms. The fourth-order valence-electron chi connectivity index (χ4n) is 3.66. The van der Waals surface area contributed by atoms with Gasteiger partial charge >= 0.3 is 12.1 Å². The smallest absolute Gasteiger partial charge is 0.475 e. The molecule has 3 heterocycles. The number of alkyl halides is 3. The van der Waals surface area contributed by atoms with Crippen LogP contribution in [0.5, 0.6) is 0 Å². The lowest BCUT2D eigenvalue weighted by Crippen LogP contribution is -2.64. The molecule has 3 aliphatic rings. The number of aliphatic carboxylic acids is 1. The quantitative estimate of drug-likeness (QED) is 0.733. The lowest BCUT2D eigenvalue weighted by molar-refractivity contribution is -0.192. The van der Waals surface area contributed by atoms with Crippen molar-refractivity contribution in [3.05, 3.63) is 17.5 Å². The molecule has 11 heteroatoms. The van der Waals surface area contributed by atoms with Gasteiger partial charge in [-0.15, -0.1) is 0 Å². The number of carbonyl (C=O) groups excluding carboxylic acids is 1. The number of carbonyl (C=O) groups is 2. The number of carboxylic acid groups (broad SMARTS) is 1. The first-order valence-corrected chi connectivity index (χ1v) is 9.93. The summed E-state index contributed by atoms with van der Waals surface area (Å²) in [6, 6.07) is 1.99. The van der Waals surface area contributed by atoms with E-state index in [0.717, 1.165) is 69.9 Å². The van der Waals surface area contributed by atoms with Crippen LogP contribution in [0, 0.1) is 18.8 Å². The zero-order valence-corrected chi connectivity index (χ0v) is 16.7. The van der Waals surface area contributed by atoms with Crippen LogP contribution in [0.1, 0.15) is 37.1 Å². The van der Waals surface area contributed by atoms with Crippen LogP contribution in [-0.4, -0.2) is 65.1 Å². The van der Waals surface area contributed by atoms with Crippen molar-refractivity contribution in [3.63, 3.8) is 0 Å². The Bertz CT molecular complexity index is 747. The Morgan fingerprint density at radius 1 is 1.33 bits per heavy atom. The molecule has 0 bridgehead atoms. The molecular weight excluding hydrogens is 407 g/mol. The van der Waals surface area contributed by atoms with Crippen molar-refractivity contribution in [1.29, 1.82) is 0 Å². The Morgan fingerprint density at radius 3 is 2.47 bits per heavy atom. The molecule has 1 aromatic heterocycles. The average molecular weight is 433 g/mol. The van der Waals surface area contributed by atoms with Crippen LogP contribution in [0.3, 0.4) is 0 Å². The number of nitrogens with one attached hydrogen (secondary N) is 1. The van der Waals surface area contributed by atoms with Crippen molar-refractivity contribution in [2.75, 3.05) is 26.2 Å². The number of aryl methyl sites for hydroxylation is 1. The van der Waals surface area contributed by atoms with Crippen molar-refractivity contribution in [3.8, 4) is 0 Å². The van der Waals surface area contributed by atoms with Crippen LogP contribution in [-0.2, 0) is 20.9 Å². The second-order valence-electron chi connectivity index (χ2n) is 8.30. The normalized spacial score (nSPS) is 23.3. The van der Waals surface area contributed by atoms with E-state index < -0.39 is 12.1 Å². The molecule has 8 nitrogen and oxygen atoms in total. The van der Waals surface area contributed by atoms with E-state index >= 15 is 0 Å². The van der Waals surface area contributed by atoms with E-state index in [0.29, 0.717) is 11.8 Å². The Labute approximate surface area is 171 Å². The molecule has 1 unspecified atom stereocenters. The summed E-state index contributed by atoms with van der Waals surface area (Å²) in [7, 11) is 0. The lowest BCUT2D eigenvalue weighted by Gasteiger charge is -2.52. The van der Waals surface area contributed by atoms with Gasteiger partial charge < -0.3 is 19.7 Å². The largest absolute Gasteiger partial charge is 0.490 e. The third kappa shape index (κ3) is 6.18. The van der Waals surface area contributed by atoms with Crippen LogP contribution >= 0.6 is 0 Å². The van der Waals surface area contributed by atoms with Crippen LogP contribution in [0.25, 0.3) is 0 Å². The summed E-state index contributed by atoms with van der Waals surface area (Å²) >= 11 is 0. The second-order valence-corrected chi connectivity index (χ2v) is 8.30. The lowest BCUT2D eigenvalue weighted by atomic mass is 9.83. The highest BCUT2D eigenvalue weighted by molar-refractivity contribution is 5.80. The van der Waals surface area contributed by atoms with E-state index in [1.807, 2.05) is 13.0 Å². The molecule has 0 aromatic carbocycles. The molecule has 1 aliphatic carbocycles. The molecule has 1 aromatic rings. The molecule has 168 valence electrons. The minimum atomic E-state index is -5.08. The topological polar surface area (TPSA) is 105 Å². The Morgan fingerprint density at radius 2 is 2.00 bits per heavy atom. The standard InChI is InChI=1S/C17H25N3O3.C2HF3O2/c1-12-6-15(19-23-12)8-20-10-17(11-20)5-4-13(9-22-17)7-18-16(21)14-2-3-14;3-2(4,5)1(6)7/h6,13-14H,2-5,7-11H2,1H3,(H,18,21);(H,6,7). The number of hydrogen-bond acceptors (Lipinski definition) is 6. The first-order valence-electron chi connectivity index (χ1n) is 9.93. The monoisotopic (exact) mass is 433 g/mol. The van der Waals surface area contributed by atoms with Crippen LogP contribution in [0.15, 0.2) is 10.6 Å². The van der Waals surface area contributed by atoms with E-state index in [2.05, 4.69) is 15.4 Å². The number of rotatable bonds is 5. The summed E-state index contributed by atoms with van der Waals surface area (Å²) in [6.45, 7) is 6.24. The number of likely N-dealkylation sites (tertiary alicyclic amines) is 1. The van der Waals surface area contributed by atoms with Crippen LogP contribution < -0.4 is 5.32 Å². The van der Waals surface area contributed by atoms with Gasteiger partial charge in [-0.1, -0.05) is 5.16 Å². The van der Waals surface area contributed by atoms with Gasteiger partial charge in [0.15, 0.2) is 0 Å². The number of aromatic nitrogens is 1. The number of hydrogen-bond donors (Lipinski definition) is 2. The maximum Gasteiger partial charge on any atom is 0.490 e. The minimum Gasteiger partial charge on any atom is -0.475 e. The summed E-state index contributed by atoms with van der Waals surface area (Å²) in [5, 5.41) is 14.2. The predicted molar refractivity (Wildman–Crippen MR) is 97.3 cm³/mol. The van der Waals surface area contributed by atoms with Gasteiger partial charge in [0.1, 0.15) is 5.76 Å². The van der Waals surface area contributed by atoms with Gasteiger partial charge in [-0.2, -0.15) is 13.2 Å². The highest BCUT2D eigenvalue weighted by atomic mass is 19.4. The number of ether oxygens (including phenoxy) is 1. The van der Waals surface area contributed by atoms with Gasteiger partial charge in [-0.25, -0.2) is 4.79 Å². The van der Waals surface area contributed by atoms with Crippen molar-refractivity contribution >= 4 is 11.9 Å². The molecule has 2 aliphatic heterocycles. The highest BCUT2D eigenvalue weighted by Gasteiger charge is 2.46. The third-order valence-corrected chi connectivity index (χ3v) is 5.47. The maximum atomic E-state index is 11.7. The van der Waals surface area contributed by atoms with E-state index in [9.17, 15) is 18.0 Å². The first-order chi connectivity index (χ1) is 14.1. The first kappa shape index (κ1) is 22.5. The van der Waals surface area contributed by atoms with Crippen molar-refractivity contribution in [2.45, 2.75) is 50.9 Å². The summed E-state index contributed by atoms with van der Waals surface area (Å²) in [5.41, 5.74) is 1.03. The zero-order valence-electron chi connectivity index (χ0n) is 16.7. The zero-order chi connectivity index (χ0) is 21.9. The van der Waals surface area contributed by atoms with Crippen molar-refractivity contribution in [2.24, 2.45) is 11.8 Å². The number of halogens is 3. The average Bonchev–Trinajstić information content (AvgIpc) is 3.42. The summed E-state index contributed by atoms with van der Waals surface area (Å²) in [6.07, 6.45) is -0.721. The maximum absolute atomic E-state index is 11.7. The number of carboxylic acids is 1. The molecule has 2 saturated heterocycles. The van der Waals surface area contributed by atoms with E-state index in [-0.39, 0.29) is 11.5 Å². The number of amides is 1. The van der Waals surface area contributed by atoms with E-state index in [1.54, 1.807) is 0 Å². The van der Waals surface area contributed by atoms with E-state index in [1.165, 1.54) is 0 Å². The van der Waals surface area contributed by atoms with E-state index in [4.69, 9.17) is 19.2 Å². The Balaban J connectivity index is 0.000000318. The molecular formula is C19H26F3N3O5. The van der Waals surface area contributed by atoms with Crippen molar-refractivity contribution in [1.82, 2.24) is 15.4 Å². The van der Waals surface area contributed by atoms with Gasteiger partial charge in [-0.05, 0) is 38.5 Å². The summed E-state index contributed by atoms with van der Waals surface area (Å²) in [5.74, 6) is -0.891. The molecule has 2 N–H and O–H groups in total. The third-order valence-electron chi connectivity index (χ3n) is 5.47. The highest BCUT2D eigenvalue weighted by Crippen LogP contribution is 2.36. The Hall–Kier alpha value is -2.14. The predicted octanol–water partition coefficient (Wildman–Crippen LogP) is 2.12. The second kappa shape index (κ2) is 8.93.